The van der Waals surface area contributed by atoms with E-state index in [0.29, 0.717) is 6.42 Å². The largest absolute Gasteiger partial charge is 0.317 e. The Labute approximate surface area is 124 Å². The third-order valence-electron chi connectivity index (χ3n) is 2.99. The molecule has 0 bridgehead atoms. The predicted molar refractivity (Wildman–Crippen MR) is 80.3 cm³/mol. The van der Waals surface area contributed by atoms with Gasteiger partial charge in [-0.05, 0) is 41.2 Å². The van der Waals surface area contributed by atoms with Gasteiger partial charge in [-0.1, -0.05) is 6.07 Å². The summed E-state index contributed by atoms with van der Waals surface area (Å²) in [7, 11) is 0. The van der Waals surface area contributed by atoms with E-state index in [0.717, 1.165) is 27.3 Å². The Hall–Kier alpha value is -0.980. The number of hydrogen-bond donors (Lipinski definition) is 1. The fourth-order valence-corrected chi connectivity index (χ4v) is 3.11. The van der Waals surface area contributed by atoms with Gasteiger partial charge in [-0.15, -0.1) is 11.3 Å². The molecule has 0 fully saturated rings. The highest BCUT2D eigenvalue weighted by atomic mass is 79.9. The quantitative estimate of drug-likeness (QED) is 0.909. The van der Waals surface area contributed by atoms with Gasteiger partial charge in [0.2, 0.25) is 0 Å². The van der Waals surface area contributed by atoms with E-state index in [1.165, 1.54) is 11.3 Å². The fraction of sp³-hybridized carbons (Fsp3) is 0.385. The SMILES string of the molecule is CCn1nc(C)c(Br)c1CC(=O)C(N)c1cccs1. The molecule has 102 valence electrons. The lowest BCUT2D eigenvalue weighted by atomic mass is 10.1. The number of nitrogens with two attached hydrogens (primary N) is 1. The van der Waals surface area contributed by atoms with Crippen LogP contribution in [-0.4, -0.2) is 15.6 Å². The zero-order chi connectivity index (χ0) is 14.0. The first-order valence-electron chi connectivity index (χ1n) is 6.08. The number of halogens is 1. The second kappa shape index (κ2) is 5.98. The van der Waals surface area contributed by atoms with Crippen molar-refractivity contribution in [3.05, 3.63) is 38.3 Å². The summed E-state index contributed by atoms with van der Waals surface area (Å²) in [6.45, 7) is 4.67. The third kappa shape index (κ3) is 2.96. The van der Waals surface area contributed by atoms with Crippen LogP contribution in [0.5, 0.6) is 0 Å². The number of rotatable bonds is 5. The lowest BCUT2D eigenvalue weighted by molar-refractivity contribution is -0.119. The number of Topliss-reactive ketones (excluding diaryl/α,β-unsaturated/α-hetero) is 1. The second-order valence-electron chi connectivity index (χ2n) is 4.30. The molecule has 0 saturated heterocycles. The molecule has 6 heteroatoms. The summed E-state index contributed by atoms with van der Waals surface area (Å²) in [5.74, 6) is 0.0118. The molecular weight excluding hydrogens is 326 g/mol. The van der Waals surface area contributed by atoms with Crippen LogP contribution in [0.15, 0.2) is 22.0 Å². The molecule has 19 heavy (non-hydrogen) atoms. The minimum atomic E-state index is -0.549. The summed E-state index contributed by atoms with van der Waals surface area (Å²) in [4.78, 5) is 13.2. The summed E-state index contributed by atoms with van der Waals surface area (Å²) in [5.41, 5.74) is 7.79. The molecule has 2 heterocycles. The first kappa shape index (κ1) is 14.4. The average molecular weight is 342 g/mol. The molecule has 0 aliphatic rings. The van der Waals surface area contributed by atoms with E-state index in [9.17, 15) is 4.79 Å². The molecule has 0 aromatic carbocycles. The summed E-state index contributed by atoms with van der Waals surface area (Å²) in [6, 6.07) is 3.25. The minimum absolute atomic E-state index is 0.0118. The van der Waals surface area contributed by atoms with Crippen LogP contribution in [0.3, 0.4) is 0 Å². The predicted octanol–water partition coefficient (Wildman–Crippen LogP) is 2.85. The van der Waals surface area contributed by atoms with Crippen molar-refractivity contribution in [2.24, 2.45) is 5.73 Å². The number of ketones is 1. The maximum absolute atomic E-state index is 12.3. The number of carbonyl (C=O) groups is 1. The first-order valence-corrected chi connectivity index (χ1v) is 7.75. The summed E-state index contributed by atoms with van der Waals surface area (Å²) in [6.07, 6.45) is 0.300. The maximum atomic E-state index is 12.3. The number of hydrogen-bond acceptors (Lipinski definition) is 4. The van der Waals surface area contributed by atoms with Crippen molar-refractivity contribution in [1.82, 2.24) is 9.78 Å². The average Bonchev–Trinajstić information content (AvgIpc) is 3.01. The van der Waals surface area contributed by atoms with E-state index in [2.05, 4.69) is 21.0 Å². The Morgan fingerprint density at radius 1 is 1.63 bits per heavy atom. The van der Waals surface area contributed by atoms with Gasteiger partial charge in [-0.3, -0.25) is 9.48 Å². The third-order valence-corrected chi connectivity index (χ3v) is 4.98. The summed E-state index contributed by atoms with van der Waals surface area (Å²) in [5, 5.41) is 6.31. The highest BCUT2D eigenvalue weighted by Gasteiger charge is 2.21. The van der Waals surface area contributed by atoms with E-state index >= 15 is 0 Å². The molecule has 1 atom stereocenters. The molecule has 1 unspecified atom stereocenters. The molecule has 0 spiro atoms. The molecule has 4 nitrogen and oxygen atoms in total. The summed E-state index contributed by atoms with van der Waals surface area (Å²) >= 11 is 5.00. The highest BCUT2D eigenvalue weighted by Crippen LogP contribution is 2.24. The Kier molecular flexibility index (Phi) is 4.54. The zero-order valence-electron chi connectivity index (χ0n) is 10.9. The molecule has 2 aromatic rings. The van der Waals surface area contributed by atoms with Gasteiger partial charge >= 0.3 is 0 Å². The van der Waals surface area contributed by atoms with Crippen molar-refractivity contribution in [2.75, 3.05) is 0 Å². The lowest BCUT2D eigenvalue weighted by Crippen LogP contribution is -2.23. The first-order chi connectivity index (χ1) is 9.04. The number of aromatic nitrogens is 2. The maximum Gasteiger partial charge on any atom is 0.160 e. The van der Waals surface area contributed by atoms with Crippen molar-refractivity contribution < 1.29 is 4.79 Å². The molecule has 0 aliphatic carbocycles. The van der Waals surface area contributed by atoms with Gasteiger partial charge in [0.25, 0.3) is 0 Å². The minimum Gasteiger partial charge on any atom is -0.317 e. The van der Waals surface area contributed by atoms with Crippen LogP contribution in [0.25, 0.3) is 0 Å². The number of aryl methyl sites for hydroxylation is 2. The van der Waals surface area contributed by atoms with Gasteiger partial charge in [0.1, 0.15) is 0 Å². The van der Waals surface area contributed by atoms with E-state index in [-0.39, 0.29) is 5.78 Å². The van der Waals surface area contributed by atoms with Crippen molar-refractivity contribution >= 4 is 33.0 Å². The van der Waals surface area contributed by atoms with Gasteiger partial charge < -0.3 is 5.73 Å². The van der Waals surface area contributed by atoms with Crippen molar-refractivity contribution in [2.45, 2.75) is 32.9 Å². The normalized spacial score (nSPS) is 12.6. The number of nitrogens with zero attached hydrogens (tertiary/aromatic N) is 2. The smallest absolute Gasteiger partial charge is 0.160 e. The Morgan fingerprint density at radius 2 is 2.37 bits per heavy atom. The highest BCUT2D eigenvalue weighted by molar-refractivity contribution is 9.10. The molecular formula is C13H16BrN3OS. The molecule has 0 amide bonds. The lowest BCUT2D eigenvalue weighted by Gasteiger charge is -2.10. The van der Waals surface area contributed by atoms with Gasteiger partial charge in [0, 0.05) is 11.4 Å². The fourth-order valence-electron chi connectivity index (χ4n) is 1.94. The van der Waals surface area contributed by atoms with E-state index in [4.69, 9.17) is 5.73 Å². The van der Waals surface area contributed by atoms with Crippen LogP contribution in [0, 0.1) is 6.92 Å². The van der Waals surface area contributed by atoms with Crippen LogP contribution in [0.4, 0.5) is 0 Å². The van der Waals surface area contributed by atoms with Crippen molar-refractivity contribution in [1.29, 1.82) is 0 Å². The van der Waals surface area contributed by atoms with Crippen molar-refractivity contribution in [3.63, 3.8) is 0 Å². The molecule has 0 aliphatic heterocycles. The van der Waals surface area contributed by atoms with Gasteiger partial charge in [0.05, 0.1) is 28.3 Å². The summed E-state index contributed by atoms with van der Waals surface area (Å²) < 4.78 is 2.75. The molecule has 2 N–H and O–H groups in total. The van der Waals surface area contributed by atoms with Crippen LogP contribution in [0.1, 0.15) is 29.2 Å². The van der Waals surface area contributed by atoms with Crippen LogP contribution in [0.2, 0.25) is 0 Å². The van der Waals surface area contributed by atoms with E-state index < -0.39 is 6.04 Å². The van der Waals surface area contributed by atoms with Crippen molar-refractivity contribution in [3.8, 4) is 0 Å². The standard InChI is InChI=1S/C13H16BrN3OS/c1-3-17-9(12(14)8(2)16-17)7-10(18)13(15)11-5-4-6-19-11/h4-6,13H,3,7,15H2,1-2H3. The Balaban J connectivity index is 2.19. The monoisotopic (exact) mass is 341 g/mol. The van der Waals surface area contributed by atoms with E-state index in [1.807, 2.05) is 36.0 Å². The van der Waals surface area contributed by atoms with Gasteiger partial charge in [-0.2, -0.15) is 5.10 Å². The van der Waals surface area contributed by atoms with Crippen LogP contribution < -0.4 is 5.73 Å². The Morgan fingerprint density at radius 3 is 2.95 bits per heavy atom. The van der Waals surface area contributed by atoms with Gasteiger partial charge in [-0.25, -0.2) is 0 Å². The molecule has 0 radical (unpaired) electrons. The number of carbonyl (C=O) groups excluding carboxylic acids is 1. The van der Waals surface area contributed by atoms with Crippen LogP contribution in [-0.2, 0) is 17.8 Å². The molecule has 0 saturated carbocycles. The van der Waals surface area contributed by atoms with Gasteiger partial charge in [0.15, 0.2) is 5.78 Å². The topological polar surface area (TPSA) is 60.9 Å². The van der Waals surface area contributed by atoms with Crippen LogP contribution >= 0.6 is 27.3 Å². The van der Waals surface area contributed by atoms with E-state index in [1.54, 1.807) is 0 Å². The number of thiophene rings is 1. The molecule has 2 rings (SSSR count). The molecule has 2 aromatic heterocycles. The second-order valence-corrected chi connectivity index (χ2v) is 6.07. The Bertz CT molecular complexity index is 577. The zero-order valence-corrected chi connectivity index (χ0v) is 13.3.